The number of carbonyl (C=O) groups is 1. The molecule has 0 bridgehead atoms. The number of hydrogen-bond donors (Lipinski definition) is 1. The number of phenols is 1. The highest BCUT2D eigenvalue weighted by atomic mass is 16.5. The molecule has 0 aliphatic heterocycles. The monoisotopic (exact) mass is 324 g/mol. The second-order valence-electron chi connectivity index (χ2n) is 5.13. The molecule has 0 spiro atoms. The minimum absolute atomic E-state index is 0.126. The van der Waals surface area contributed by atoms with Crippen LogP contribution in [0.5, 0.6) is 17.2 Å². The highest BCUT2D eigenvalue weighted by Gasteiger charge is 2.10. The molecule has 0 unspecified atom stereocenters. The fourth-order valence-corrected chi connectivity index (χ4v) is 2.34. The lowest BCUT2D eigenvalue weighted by atomic mass is 10.0. The summed E-state index contributed by atoms with van der Waals surface area (Å²) in [6.45, 7) is 3.76. The zero-order valence-corrected chi connectivity index (χ0v) is 13.8. The summed E-state index contributed by atoms with van der Waals surface area (Å²) in [4.78, 5) is 12.3. The van der Waals surface area contributed by atoms with Gasteiger partial charge in [0.1, 0.15) is 17.2 Å². The van der Waals surface area contributed by atoms with Crippen molar-refractivity contribution >= 4 is 11.9 Å². The zero-order chi connectivity index (χ0) is 17.5. The Morgan fingerprint density at radius 3 is 2.46 bits per heavy atom. The largest absolute Gasteiger partial charge is 0.508 e. The maximum absolute atomic E-state index is 12.3. The summed E-state index contributed by atoms with van der Waals surface area (Å²) < 4.78 is 10.7. The average molecular weight is 324 g/mol. The van der Waals surface area contributed by atoms with Crippen LogP contribution in [0.1, 0.15) is 21.5 Å². The minimum atomic E-state index is -0.152. The Balaban J connectivity index is 2.37. The average Bonchev–Trinajstić information content (AvgIpc) is 2.61. The van der Waals surface area contributed by atoms with Gasteiger partial charge < -0.3 is 14.6 Å². The molecule has 0 radical (unpaired) electrons. The summed E-state index contributed by atoms with van der Waals surface area (Å²) in [5, 5.41) is 9.29. The van der Waals surface area contributed by atoms with Crippen molar-refractivity contribution in [2.24, 2.45) is 0 Å². The van der Waals surface area contributed by atoms with E-state index in [1.54, 1.807) is 44.6 Å². The van der Waals surface area contributed by atoms with E-state index in [9.17, 15) is 9.90 Å². The fourth-order valence-electron chi connectivity index (χ4n) is 2.34. The molecule has 1 N–H and O–H groups in total. The topological polar surface area (TPSA) is 55.8 Å². The molecule has 0 aliphatic carbocycles. The van der Waals surface area contributed by atoms with E-state index in [4.69, 9.17) is 9.47 Å². The number of methoxy groups -OCH3 is 2. The summed E-state index contributed by atoms with van der Waals surface area (Å²) in [5.74, 6) is 1.31. The highest BCUT2D eigenvalue weighted by Crippen LogP contribution is 2.30. The van der Waals surface area contributed by atoms with Crippen molar-refractivity contribution in [3.63, 3.8) is 0 Å². The first-order chi connectivity index (χ1) is 11.6. The van der Waals surface area contributed by atoms with Crippen LogP contribution in [0.25, 0.3) is 6.08 Å². The van der Waals surface area contributed by atoms with E-state index in [1.807, 2.05) is 6.07 Å². The molecule has 0 aliphatic rings. The van der Waals surface area contributed by atoms with Crippen LogP contribution in [0.2, 0.25) is 0 Å². The molecule has 0 heterocycles. The van der Waals surface area contributed by atoms with Crippen LogP contribution in [0, 0.1) is 0 Å². The summed E-state index contributed by atoms with van der Waals surface area (Å²) >= 11 is 0. The van der Waals surface area contributed by atoms with Gasteiger partial charge in [-0.25, -0.2) is 0 Å². The molecule has 0 saturated carbocycles. The van der Waals surface area contributed by atoms with Gasteiger partial charge in [0.25, 0.3) is 0 Å². The lowest BCUT2D eigenvalue weighted by Gasteiger charge is -2.12. The number of allylic oxidation sites excluding steroid dienone is 2. The van der Waals surface area contributed by atoms with E-state index < -0.39 is 0 Å². The molecule has 0 fully saturated rings. The van der Waals surface area contributed by atoms with Crippen molar-refractivity contribution in [3.05, 3.63) is 71.8 Å². The molecule has 2 aromatic carbocycles. The molecule has 4 nitrogen and oxygen atoms in total. The number of ketones is 1. The first-order valence-corrected chi connectivity index (χ1v) is 7.46. The van der Waals surface area contributed by atoms with Crippen molar-refractivity contribution in [2.45, 2.75) is 6.42 Å². The van der Waals surface area contributed by atoms with Gasteiger partial charge in [0, 0.05) is 17.2 Å². The van der Waals surface area contributed by atoms with Gasteiger partial charge >= 0.3 is 0 Å². The third kappa shape index (κ3) is 4.04. The van der Waals surface area contributed by atoms with Crippen molar-refractivity contribution in [3.8, 4) is 17.2 Å². The number of hydrogen-bond acceptors (Lipinski definition) is 4. The molecule has 0 atom stereocenters. The maximum atomic E-state index is 12.3. The Labute approximate surface area is 141 Å². The molecule has 0 saturated heterocycles. The van der Waals surface area contributed by atoms with Gasteiger partial charge in [0.15, 0.2) is 5.78 Å². The number of aromatic hydroxyl groups is 1. The fraction of sp³-hybridized carbons (Fsp3) is 0.150. The first-order valence-electron chi connectivity index (χ1n) is 7.46. The van der Waals surface area contributed by atoms with Crippen molar-refractivity contribution in [1.29, 1.82) is 0 Å². The Kier molecular flexibility index (Phi) is 5.79. The van der Waals surface area contributed by atoms with Crippen LogP contribution in [0.3, 0.4) is 0 Å². The molecular formula is C20H20O4. The van der Waals surface area contributed by atoms with Crippen LogP contribution >= 0.6 is 0 Å². The minimum Gasteiger partial charge on any atom is -0.508 e. The van der Waals surface area contributed by atoms with Crippen molar-refractivity contribution in [1.82, 2.24) is 0 Å². The lowest BCUT2D eigenvalue weighted by Crippen LogP contribution is -1.98. The van der Waals surface area contributed by atoms with E-state index in [0.717, 1.165) is 11.1 Å². The molecule has 2 rings (SSSR count). The zero-order valence-electron chi connectivity index (χ0n) is 13.8. The number of ether oxygens (including phenoxy) is 2. The van der Waals surface area contributed by atoms with E-state index in [0.29, 0.717) is 23.5 Å². The van der Waals surface area contributed by atoms with Crippen LogP contribution in [-0.2, 0) is 6.42 Å². The van der Waals surface area contributed by atoms with Crippen LogP contribution < -0.4 is 9.47 Å². The third-order valence-corrected chi connectivity index (χ3v) is 3.59. The van der Waals surface area contributed by atoms with Gasteiger partial charge in [-0.1, -0.05) is 12.2 Å². The van der Waals surface area contributed by atoms with Gasteiger partial charge in [-0.15, -0.1) is 6.58 Å². The standard InChI is InChI=1S/C20H20O4/c1-4-5-18-15(12-17(23-2)13-20(18)24-3)8-11-19(22)14-6-9-16(21)10-7-14/h4,6-13,21H,1,5H2,2-3H3. The van der Waals surface area contributed by atoms with E-state index >= 15 is 0 Å². The van der Waals surface area contributed by atoms with E-state index in [2.05, 4.69) is 6.58 Å². The lowest BCUT2D eigenvalue weighted by molar-refractivity contribution is 0.104. The molecule has 124 valence electrons. The third-order valence-electron chi connectivity index (χ3n) is 3.59. The molecule has 2 aromatic rings. The number of phenolic OH excluding ortho intramolecular Hbond substituents is 1. The highest BCUT2D eigenvalue weighted by molar-refractivity contribution is 6.07. The van der Waals surface area contributed by atoms with Crippen LogP contribution in [0.15, 0.2) is 55.1 Å². The molecule has 24 heavy (non-hydrogen) atoms. The summed E-state index contributed by atoms with van der Waals surface area (Å²) in [6, 6.07) is 9.79. The number of rotatable bonds is 7. The first kappa shape index (κ1) is 17.3. The quantitative estimate of drug-likeness (QED) is 0.474. The van der Waals surface area contributed by atoms with E-state index in [-0.39, 0.29) is 11.5 Å². The van der Waals surface area contributed by atoms with Crippen LogP contribution in [0.4, 0.5) is 0 Å². The predicted octanol–water partition coefficient (Wildman–Crippen LogP) is 4.03. The normalized spacial score (nSPS) is 10.6. The van der Waals surface area contributed by atoms with Crippen molar-refractivity contribution in [2.75, 3.05) is 14.2 Å². The van der Waals surface area contributed by atoms with Gasteiger partial charge in [-0.05, 0) is 48.4 Å². The Bertz CT molecular complexity index is 758. The van der Waals surface area contributed by atoms with Gasteiger partial charge in [0.2, 0.25) is 0 Å². The summed E-state index contributed by atoms with van der Waals surface area (Å²) in [7, 11) is 3.17. The molecule has 0 amide bonds. The summed E-state index contributed by atoms with van der Waals surface area (Å²) in [5.41, 5.74) is 2.27. The predicted molar refractivity (Wildman–Crippen MR) is 94.9 cm³/mol. The molecule has 4 heteroatoms. The Morgan fingerprint density at radius 2 is 1.88 bits per heavy atom. The smallest absolute Gasteiger partial charge is 0.185 e. The van der Waals surface area contributed by atoms with Gasteiger partial charge in [0.05, 0.1) is 14.2 Å². The molecule has 0 aromatic heterocycles. The van der Waals surface area contributed by atoms with Gasteiger partial charge in [-0.2, -0.15) is 0 Å². The second-order valence-corrected chi connectivity index (χ2v) is 5.13. The molecular weight excluding hydrogens is 304 g/mol. The number of benzene rings is 2. The summed E-state index contributed by atoms with van der Waals surface area (Å²) in [6.07, 6.45) is 5.62. The van der Waals surface area contributed by atoms with Crippen LogP contribution in [-0.4, -0.2) is 25.1 Å². The Hall–Kier alpha value is -3.01. The van der Waals surface area contributed by atoms with E-state index in [1.165, 1.54) is 18.2 Å². The number of carbonyl (C=O) groups excluding carboxylic acids is 1. The SMILES string of the molecule is C=CCc1c(C=CC(=O)c2ccc(O)cc2)cc(OC)cc1OC. The maximum Gasteiger partial charge on any atom is 0.185 e. The second kappa shape index (κ2) is 8.02. The Morgan fingerprint density at radius 1 is 1.17 bits per heavy atom. The van der Waals surface area contributed by atoms with Crippen molar-refractivity contribution < 1.29 is 19.4 Å². The van der Waals surface area contributed by atoms with Gasteiger partial charge in [-0.3, -0.25) is 4.79 Å².